The van der Waals surface area contributed by atoms with Gasteiger partial charge < -0.3 is 5.32 Å². The van der Waals surface area contributed by atoms with E-state index in [2.05, 4.69) is 5.32 Å². The third kappa shape index (κ3) is 3.42. The highest BCUT2D eigenvalue weighted by atomic mass is 35.5. The molecule has 19 heavy (non-hydrogen) atoms. The smallest absolute Gasteiger partial charge is 0.255 e. The predicted molar refractivity (Wildman–Crippen MR) is 76.0 cm³/mol. The molecule has 2 aromatic rings. The molecule has 0 aromatic heterocycles. The van der Waals surface area contributed by atoms with Crippen LogP contribution in [0.2, 0.25) is 5.02 Å². The minimum absolute atomic E-state index is 0.232. The van der Waals surface area contributed by atoms with Crippen LogP contribution in [0.5, 0.6) is 0 Å². The zero-order chi connectivity index (χ0) is 13.8. The maximum absolute atomic E-state index is 12.0. The molecule has 4 heteroatoms. The Bertz CT molecular complexity index is 600. The second-order valence-electron chi connectivity index (χ2n) is 4.21. The Balaban J connectivity index is 2.17. The highest BCUT2D eigenvalue weighted by Crippen LogP contribution is 2.16. The molecule has 1 amide bonds. The zero-order valence-corrected chi connectivity index (χ0v) is 11.1. The molecule has 0 atom stereocenters. The maximum atomic E-state index is 12.0. The Labute approximate surface area is 116 Å². The van der Waals surface area contributed by atoms with Gasteiger partial charge in [-0.2, -0.15) is 0 Å². The van der Waals surface area contributed by atoms with Gasteiger partial charge in [0.15, 0.2) is 0 Å². The molecule has 0 unspecified atom stereocenters. The summed E-state index contributed by atoms with van der Waals surface area (Å²) in [4.78, 5) is 22.6. The van der Waals surface area contributed by atoms with Crippen LogP contribution in [0.4, 0.5) is 5.69 Å². The molecule has 0 fully saturated rings. The van der Waals surface area contributed by atoms with Gasteiger partial charge in [0.2, 0.25) is 0 Å². The number of carbonyl (C=O) groups is 2. The summed E-state index contributed by atoms with van der Waals surface area (Å²) in [5, 5.41) is 3.28. The Morgan fingerprint density at radius 3 is 2.42 bits per heavy atom. The molecule has 0 spiro atoms. The van der Waals surface area contributed by atoms with E-state index in [0.29, 0.717) is 21.8 Å². The first kappa shape index (κ1) is 13.3. The highest BCUT2D eigenvalue weighted by Gasteiger charge is 2.07. The summed E-state index contributed by atoms with van der Waals surface area (Å²) < 4.78 is 0. The van der Waals surface area contributed by atoms with Crippen LogP contribution in [0.25, 0.3) is 0 Å². The highest BCUT2D eigenvalue weighted by molar-refractivity contribution is 6.31. The van der Waals surface area contributed by atoms with Crippen LogP contribution in [-0.4, -0.2) is 12.2 Å². The second kappa shape index (κ2) is 5.67. The lowest BCUT2D eigenvalue weighted by atomic mass is 10.1. The number of hydrogen-bond acceptors (Lipinski definition) is 2. The van der Waals surface area contributed by atoms with Gasteiger partial charge in [-0.3, -0.25) is 9.59 Å². The maximum Gasteiger partial charge on any atom is 0.255 e. The van der Waals surface area contributed by atoms with Crippen molar-refractivity contribution in [3.63, 3.8) is 0 Å². The van der Waals surface area contributed by atoms with Crippen molar-refractivity contribution >= 4 is 29.5 Å². The lowest BCUT2D eigenvalue weighted by molar-refractivity contribution is 0.102. The Morgan fingerprint density at radius 1 is 1.16 bits per heavy atom. The van der Waals surface area contributed by atoms with E-state index in [1.54, 1.807) is 42.5 Å². The van der Waals surface area contributed by atoms with Crippen LogP contribution in [0.1, 0.15) is 26.3 Å². The van der Waals surface area contributed by atoms with Gasteiger partial charge in [0, 0.05) is 21.8 Å². The molecule has 2 aromatic carbocycles. The van der Waals surface area contributed by atoms with Gasteiger partial charge >= 0.3 is 0 Å². The molecule has 2 rings (SSSR count). The van der Waals surface area contributed by atoms with E-state index in [1.807, 2.05) is 6.92 Å². The van der Waals surface area contributed by atoms with E-state index >= 15 is 0 Å². The molecular weight excluding hydrogens is 262 g/mol. The van der Waals surface area contributed by atoms with Gasteiger partial charge in [0.05, 0.1) is 0 Å². The number of aldehydes is 1. The van der Waals surface area contributed by atoms with Crippen molar-refractivity contribution < 1.29 is 9.59 Å². The summed E-state index contributed by atoms with van der Waals surface area (Å²) in [6.07, 6.45) is 0.756. The van der Waals surface area contributed by atoms with Crippen molar-refractivity contribution in [3.8, 4) is 0 Å². The van der Waals surface area contributed by atoms with Gasteiger partial charge in [-0.25, -0.2) is 0 Å². The number of halogens is 1. The number of anilines is 1. The first-order chi connectivity index (χ1) is 9.08. The fourth-order valence-electron chi connectivity index (χ4n) is 1.72. The topological polar surface area (TPSA) is 46.2 Å². The average Bonchev–Trinajstić information content (AvgIpc) is 2.38. The summed E-state index contributed by atoms with van der Waals surface area (Å²) in [6.45, 7) is 1.88. The van der Waals surface area contributed by atoms with Crippen LogP contribution >= 0.6 is 11.6 Å². The number of rotatable bonds is 3. The number of benzene rings is 2. The molecular formula is C15H12ClNO2. The Kier molecular flexibility index (Phi) is 3.97. The van der Waals surface area contributed by atoms with Crippen molar-refractivity contribution in [3.05, 3.63) is 64.2 Å². The van der Waals surface area contributed by atoms with E-state index in [1.165, 1.54) is 0 Å². The van der Waals surface area contributed by atoms with Gasteiger partial charge in [0.25, 0.3) is 5.91 Å². The van der Waals surface area contributed by atoms with Crippen molar-refractivity contribution in [2.45, 2.75) is 6.92 Å². The molecule has 3 nitrogen and oxygen atoms in total. The van der Waals surface area contributed by atoms with E-state index < -0.39 is 0 Å². The molecule has 0 radical (unpaired) electrons. The summed E-state index contributed by atoms with van der Waals surface area (Å²) in [5.74, 6) is -0.232. The van der Waals surface area contributed by atoms with Crippen molar-refractivity contribution in [2.24, 2.45) is 0 Å². The fourth-order valence-corrected chi connectivity index (χ4v) is 2.01. The lowest BCUT2D eigenvalue weighted by Gasteiger charge is -2.06. The van der Waals surface area contributed by atoms with E-state index in [9.17, 15) is 9.59 Å². The molecule has 0 saturated carbocycles. The van der Waals surface area contributed by atoms with Gasteiger partial charge in [-0.05, 0) is 55.0 Å². The second-order valence-corrected chi connectivity index (χ2v) is 4.65. The molecule has 1 N–H and O–H groups in total. The normalized spacial score (nSPS) is 10.0. The van der Waals surface area contributed by atoms with Crippen LogP contribution in [0.15, 0.2) is 42.5 Å². The monoisotopic (exact) mass is 273 g/mol. The summed E-state index contributed by atoms with van der Waals surface area (Å²) in [5.41, 5.74) is 2.63. The zero-order valence-electron chi connectivity index (χ0n) is 10.3. The standard InChI is InChI=1S/C15H12ClNO2/c1-10-6-12(8-13(16)7-10)15(19)17-14-4-2-11(9-18)3-5-14/h2-9H,1H3,(H,17,19). The van der Waals surface area contributed by atoms with Crippen LogP contribution < -0.4 is 5.32 Å². The first-order valence-corrected chi connectivity index (χ1v) is 6.10. The molecule has 0 saturated heterocycles. The molecule has 0 bridgehead atoms. The van der Waals surface area contributed by atoms with Gasteiger partial charge in [-0.15, -0.1) is 0 Å². The summed E-state index contributed by atoms with van der Waals surface area (Å²) >= 11 is 5.92. The van der Waals surface area contributed by atoms with Crippen LogP contribution in [0.3, 0.4) is 0 Å². The van der Waals surface area contributed by atoms with Crippen molar-refractivity contribution in [1.82, 2.24) is 0 Å². The Morgan fingerprint density at radius 2 is 1.84 bits per heavy atom. The molecule has 0 aliphatic heterocycles. The van der Waals surface area contributed by atoms with E-state index in [4.69, 9.17) is 11.6 Å². The third-order valence-corrected chi connectivity index (χ3v) is 2.83. The van der Waals surface area contributed by atoms with Crippen molar-refractivity contribution in [2.75, 3.05) is 5.32 Å². The lowest BCUT2D eigenvalue weighted by Crippen LogP contribution is -2.12. The summed E-state index contributed by atoms with van der Waals surface area (Å²) in [7, 11) is 0. The predicted octanol–water partition coefficient (Wildman–Crippen LogP) is 3.71. The first-order valence-electron chi connectivity index (χ1n) is 5.72. The van der Waals surface area contributed by atoms with E-state index in [-0.39, 0.29) is 5.91 Å². The number of carbonyl (C=O) groups excluding carboxylic acids is 2. The van der Waals surface area contributed by atoms with Crippen molar-refractivity contribution in [1.29, 1.82) is 0 Å². The molecule has 0 aliphatic carbocycles. The number of nitrogens with one attached hydrogen (secondary N) is 1. The number of aryl methyl sites for hydroxylation is 1. The minimum Gasteiger partial charge on any atom is -0.322 e. The summed E-state index contributed by atoms with van der Waals surface area (Å²) in [6, 6.07) is 11.8. The van der Waals surface area contributed by atoms with Crippen LogP contribution in [-0.2, 0) is 0 Å². The average molecular weight is 274 g/mol. The quantitative estimate of drug-likeness (QED) is 0.867. The fraction of sp³-hybridized carbons (Fsp3) is 0.0667. The Hall–Kier alpha value is -2.13. The molecule has 96 valence electrons. The van der Waals surface area contributed by atoms with Gasteiger partial charge in [-0.1, -0.05) is 11.6 Å². The molecule has 0 heterocycles. The van der Waals surface area contributed by atoms with Crippen LogP contribution in [0, 0.1) is 6.92 Å². The number of hydrogen-bond donors (Lipinski definition) is 1. The largest absolute Gasteiger partial charge is 0.322 e. The van der Waals surface area contributed by atoms with Gasteiger partial charge in [0.1, 0.15) is 6.29 Å². The molecule has 0 aliphatic rings. The third-order valence-electron chi connectivity index (χ3n) is 2.61. The SMILES string of the molecule is Cc1cc(Cl)cc(C(=O)Nc2ccc(C=O)cc2)c1. The number of amides is 1. The van der Waals surface area contributed by atoms with E-state index in [0.717, 1.165) is 11.8 Å². The minimum atomic E-state index is -0.232.